The topological polar surface area (TPSA) is 41.9 Å². The summed E-state index contributed by atoms with van der Waals surface area (Å²) in [5.74, 6) is 1.80. The van der Waals surface area contributed by atoms with Gasteiger partial charge in [0.05, 0.1) is 19.3 Å². The smallest absolute Gasteiger partial charge is 0.161 e. The molecule has 3 aromatic rings. The molecule has 0 amide bonds. The van der Waals surface area contributed by atoms with Crippen LogP contribution in [0.3, 0.4) is 0 Å². The molecule has 1 N–H and O–H groups in total. The predicted octanol–water partition coefficient (Wildman–Crippen LogP) is 6.23. The van der Waals surface area contributed by atoms with Crippen LogP contribution < -0.4 is 9.47 Å². The first-order chi connectivity index (χ1) is 17.5. The highest BCUT2D eigenvalue weighted by Gasteiger charge is 2.48. The predicted molar refractivity (Wildman–Crippen MR) is 145 cm³/mol. The van der Waals surface area contributed by atoms with Crippen molar-refractivity contribution in [3.8, 4) is 11.5 Å². The van der Waals surface area contributed by atoms with E-state index in [4.69, 9.17) is 9.47 Å². The van der Waals surface area contributed by atoms with Gasteiger partial charge in [-0.25, -0.2) is 0 Å². The van der Waals surface area contributed by atoms with E-state index < -0.39 is 6.10 Å². The summed E-state index contributed by atoms with van der Waals surface area (Å²) in [6.07, 6.45) is 5.12. The maximum atomic E-state index is 11.7. The van der Waals surface area contributed by atoms with Crippen LogP contribution in [-0.4, -0.2) is 42.4 Å². The molecule has 0 aromatic heterocycles. The van der Waals surface area contributed by atoms with Crippen molar-refractivity contribution in [1.82, 2.24) is 4.90 Å². The Hall–Kier alpha value is -2.82. The number of aliphatic hydroxyl groups excluding tert-OH is 1. The average molecular weight is 486 g/mol. The fraction of sp³-hybridized carbons (Fsp3) is 0.438. The van der Waals surface area contributed by atoms with Gasteiger partial charge in [0.2, 0.25) is 0 Å². The molecule has 1 aliphatic carbocycles. The molecule has 0 bridgehead atoms. The molecule has 4 heteroatoms. The molecule has 3 atom stereocenters. The maximum Gasteiger partial charge on any atom is 0.161 e. The first kappa shape index (κ1) is 24.9. The minimum absolute atomic E-state index is 0.178. The Morgan fingerprint density at radius 1 is 0.917 bits per heavy atom. The van der Waals surface area contributed by atoms with E-state index in [1.165, 1.54) is 29.5 Å². The van der Waals surface area contributed by atoms with Crippen LogP contribution in [0.1, 0.15) is 55.2 Å². The maximum absolute atomic E-state index is 11.7. The van der Waals surface area contributed by atoms with Crippen LogP contribution in [0.25, 0.3) is 0 Å². The minimum atomic E-state index is -0.466. The SMILES string of the molecule is COc1ccc([C@@H]2CN(Cc3ccccc3)C[C@@]2(C)[C@H](O)Cc2ccccc2)cc1OC1CCCC1. The Kier molecular flexibility index (Phi) is 7.64. The monoisotopic (exact) mass is 485 g/mol. The number of hydrogen-bond acceptors (Lipinski definition) is 4. The Labute approximate surface area is 215 Å². The van der Waals surface area contributed by atoms with Crippen LogP contribution in [0.15, 0.2) is 78.9 Å². The van der Waals surface area contributed by atoms with Crippen molar-refractivity contribution in [2.24, 2.45) is 5.41 Å². The Balaban J connectivity index is 1.45. The van der Waals surface area contributed by atoms with Crippen LogP contribution >= 0.6 is 0 Å². The van der Waals surface area contributed by atoms with Crippen molar-refractivity contribution in [2.45, 2.75) is 63.7 Å². The van der Waals surface area contributed by atoms with Crippen molar-refractivity contribution in [3.05, 3.63) is 95.6 Å². The molecule has 0 radical (unpaired) electrons. The zero-order chi connectivity index (χ0) is 25.0. The Bertz CT molecular complexity index is 1110. The molecular formula is C32H39NO3. The molecule has 5 rings (SSSR count). The third-order valence-electron chi connectivity index (χ3n) is 8.27. The molecular weight excluding hydrogens is 446 g/mol. The number of benzene rings is 3. The highest BCUT2D eigenvalue weighted by atomic mass is 16.5. The summed E-state index contributed by atoms with van der Waals surface area (Å²) in [5, 5.41) is 11.7. The summed E-state index contributed by atoms with van der Waals surface area (Å²) < 4.78 is 12.1. The highest BCUT2D eigenvalue weighted by Crippen LogP contribution is 2.48. The van der Waals surface area contributed by atoms with E-state index in [9.17, 15) is 5.11 Å². The van der Waals surface area contributed by atoms with E-state index in [1.807, 2.05) is 24.3 Å². The van der Waals surface area contributed by atoms with Crippen molar-refractivity contribution in [2.75, 3.05) is 20.2 Å². The van der Waals surface area contributed by atoms with Gasteiger partial charge in [0.1, 0.15) is 0 Å². The largest absolute Gasteiger partial charge is 0.493 e. The van der Waals surface area contributed by atoms with E-state index >= 15 is 0 Å². The number of rotatable bonds is 9. The van der Waals surface area contributed by atoms with Gasteiger partial charge in [-0.1, -0.05) is 73.7 Å². The highest BCUT2D eigenvalue weighted by molar-refractivity contribution is 5.45. The standard InChI is InChI=1S/C32H39NO3/c1-32(31(34)19-24-11-5-3-6-12-24)23-33(21-25-13-7-4-8-14-25)22-28(32)26-17-18-29(35-2)30(20-26)36-27-15-9-10-16-27/h3-8,11-14,17-18,20,27-28,31,34H,9-10,15-16,19,21-23H2,1-2H3/t28-,31+,32+/m0/s1. The molecule has 3 aromatic carbocycles. The summed E-state index contributed by atoms with van der Waals surface area (Å²) in [5.41, 5.74) is 3.39. The normalized spacial score (nSPS) is 23.6. The van der Waals surface area contributed by atoms with Crippen LogP contribution in [0.2, 0.25) is 0 Å². The van der Waals surface area contributed by atoms with Crippen LogP contribution in [-0.2, 0) is 13.0 Å². The summed E-state index contributed by atoms with van der Waals surface area (Å²) in [6.45, 7) is 4.88. The van der Waals surface area contributed by atoms with Crippen molar-refractivity contribution >= 4 is 0 Å². The third-order valence-corrected chi connectivity index (χ3v) is 8.27. The lowest BCUT2D eigenvalue weighted by Gasteiger charge is -2.36. The van der Waals surface area contributed by atoms with Crippen molar-refractivity contribution in [1.29, 1.82) is 0 Å². The molecule has 1 heterocycles. The zero-order valence-corrected chi connectivity index (χ0v) is 21.6. The Morgan fingerprint density at radius 2 is 1.58 bits per heavy atom. The fourth-order valence-corrected chi connectivity index (χ4v) is 6.17. The lowest BCUT2D eigenvalue weighted by Crippen LogP contribution is -2.40. The lowest BCUT2D eigenvalue weighted by molar-refractivity contribution is 0.0330. The van der Waals surface area contributed by atoms with Gasteiger partial charge in [-0.3, -0.25) is 4.90 Å². The first-order valence-corrected chi connectivity index (χ1v) is 13.4. The number of ether oxygens (including phenoxy) is 2. The van der Waals surface area contributed by atoms with Gasteiger partial charge in [-0.2, -0.15) is 0 Å². The molecule has 2 aliphatic rings. The van der Waals surface area contributed by atoms with Gasteiger partial charge in [0.25, 0.3) is 0 Å². The second-order valence-corrected chi connectivity index (χ2v) is 10.9. The molecule has 0 unspecified atom stereocenters. The number of aliphatic hydroxyl groups is 1. The van der Waals surface area contributed by atoms with E-state index in [0.717, 1.165) is 44.0 Å². The lowest BCUT2D eigenvalue weighted by atomic mass is 9.70. The van der Waals surface area contributed by atoms with E-state index in [-0.39, 0.29) is 17.4 Å². The summed E-state index contributed by atoms with van der Waals surface area (Å²) in [4.78, 5) is 2.50. The molecule has 36 heavy (non-hydrogen) atoms. The number of hydrogen-bond donors (Lipinski definition) is 1. The minimum Gasteiger partial charge on any atom is -0.493 e. The van der Waals surface area contributed by atoms with E-state index in [1.54, 1.807) is 7.11 Å². The van der Waals surface area contributed by atoms with Gasteiger partial charge >= 0.3 is 0 Å². The Morgan fingerprint density at radius 3 is 2.25 bits per heavy atom. The van der Waals surface area contributed by atoms with Crippen LogP contribution in [0.4, 0.5) is 0 Å². The third kappa shape index (κ3) is 5.45. The van der Waals surface area contributed by atoms with Crippen molar-refractivity contribution < 1.29 is 14.6 Å². The van der Waals surface area contributed by atoms with Gasteiger partial charge in [0, 0.05) is 31.0 Å². The summed E-state index contributed by atoms with van der Waals surface area (Å²) >= 11 is 0. The van der Waals surface area contributed by atoms with Gasteiger partial charge in [-0.05, 0) is 60.9 Å². The van der Waals surface area contributed by atoms with Gasteiger partial charge in [0.15, 0.2) is 11.5 Å². The second-order valence-electron chi connectivity index (χ2n) is 10.9. The molecule has 0 spiro atoms. The van der Waals surface area contributed by atoms with Gasteiger partial charge in [-0.15, -0.1) is 0 Å². The average Bonchev–Trinajstić information content (AvgIpc) is 3.53. The molecule has 2 fully saturated rings. The molecule has 190 valence electrons. The molecule has 1 saturated heterocycles. The van der Waals surface area contributed by atoms with E-state index in [2.05, 4.69) is 66.4 Å². The first-order valence-electron chi connectivity index (χ1n) is 13.4. The number of nitrogens with zero attached hydrogens (tertiary/aromatic N) is 1. The number of methoxy groups -OCH3 is 1. The fourth-order valence-electron chi connectivity index (χ4n) is 6.17. The quantitative estimate of drug-likeness (QED) is 0.390. The van der Waals surface area contributed by atoms with Crippen molar-refractivity contribution in [3.63, 3.8) is 0 Å². The second kappa shape index (κ2) is 11.1. The molecule has 1 aliphatic heterocycles. The van der Waals surface area contributed by atoms with Crippen LogP contribution in [0, 0.1) is 5.41 Å². The zero-order valence-electron chi connectivity index (χ0n) is 21.6. The van der Waals surface area contributed by atoms with E-state index in [0.29, 0.717) is 6.42 Å². The number of likely N-dealkylation sites (tertiary alicyclic amines) is 1. The summed E-state index contributed by atoms with van der Waals surface area (Å²) in [6, 6.07) is 27.4. The molecule has 4 nitrogen and oxygen atoms in total. The van der Waals surface area contributed by atoms with Crippen LogP contribution in [0.5, 0.6) is 11.5 Å². The molecule has 1 saturated carbocycles. The summed E-state index contributed by atoms with van der Waals surface area (Å²) in [7, 11) is 1.71. The van der Waals surface area contributed by atoms with Gasteiger partial charge < -0.3 is 14.6 Å².